The number of esters is 4. The van der Waals surface area contributed by atoms with Crippen LogP contribution in [0.1, 0.15) is 259 Å². The topological polar surface area (TPSA) is 186 Å². The maximum atomic E-state index is 15.4. The maximum Gasteiger partial charge on any atom is 0.355 e. The molecule has 532 valence electrons. The number of amides is 4. The first kappa shape index (κ1) is 79.6. The van der Waals surface area contributed by atoms with Crippen LogP contribution in [0.2, 0.25) is 0 Å². The lowest BCUT2D eigenvalue weighted by Crippen LogP contribution is -2.53. The molecular formula is C79H124N4O12. The molecule has 0 radical (unpaired) electrons. The van der Waals surface area contributed by atoms with Crippen molar-refractivity contribution in [2.45, 2.75) is 305 Å². The van der Waals surface area contributed by atoms with Crippen molar-refractivity contribution in [1.82, 2.24) is 19.6 Å². The summed E-state index contributed by atoms with van der Waals surface area (Å²) in [6.45, 7) is 20.0. The molecule has 0 aromatic heterocycles. The molecule has 5 rings (SSSR count). The Morgan fingerprint density at radius 1 is 0.400 bits per heavy atom. The SMILES string of the molecule is C/C(=C1\C(=O)O[C@H](C)C(=O)N(C)[C@@H](CCC(C)C)C(=O)O[C@H](Cc2ccc(CC3CCCCCCCCCC3)cc2)C(=O)N(C)[C@@H](CC(C)C)C(=O)O[C@H](C)C(=O)N(C)[C@@H](CCC(C)C)C(=O)O[C@H](Cc2ccc(CC3CCCCCCCCCC3)cc2)C(=O)N1C)C(C)C. The first-order chi connectivity index (χ1) is 45.2. The summed E-state index contributed by atoms with van der Waals surface area (Å²) in [5, 5.41) is 0. The van der Waals surface area contributed by atoms with Gasteiger partial charge in [-0.25, -0.2) is 19.2 Å². The Bertz CT molecular complexity index is 2740. The fraction of sp³-hybridized carbons (Fsp3) is 0.722. The fourth-order valence-corrected chi connectivity index (χ4v) is 13.8. The van der Waals surface area contributed by atoms with E-state index in [0.29, 0.717) is 41.4 Å². The van der Waals surface area contributed by atoms with Gasteiger partial charge in [0.25, 0.3) is 23.6 Å². The molecule has 95 heavy (non-hydrogen) atoms. The monoisotopic (exact) mass is 1320 g/mol. The van der Waals surface area contributed by atoms with Gasteiger partial charge in [-0.1, -0.05) is 232 Å². The van der Waals surface area contributed by atoms with E-state index in [1.165, 1.54) is 196 Å². The Balaban J connectivity index is 1.58. The Labute approximate surface area is 572 Å². The molecule has 1 heterocycles. The van der Waals surface area contributed by atoms with E-state index in [-0.39, 0.29) is 61.5 Å². The predicted molar refractivity (Wildman–Crippen MR) is 375 cm³/mol. The summed E-state index contributed by atoms with van der Waals surface area (Å²) in [6.07, 6.45) is 22.0. The van der Waals surface area contributed by atoms with Crippen LogP contribution in [0.3, 0.4) is 0 Å². The highest BCUT2D eigenvalue weighted by molar-refractivity contribution is 5.98. The quantitative estimate of drug-likeness (QED) is 0.0830. The Hall–Kier alpha value is -6.06. The zero-order valence-corrected chi connectivity index (χ0v) is 61.3. The highest BCUT2D eigenvalue weighted by Gasteiger charge is 2.42. The molecule has 2 aliphatic carbocycles. The number of nitrogens with zero attached hydrogens (tertiary/aromatic N) is 4. The van der Waals surface area contributed by atoms with Crippen molar-refractivity contribution in [3.8, 4) is 0 Å². The lowest BCUT2D eigenvalue weighted by atomic mass is 9.89. The van der Waals surface area contributed by atoms with Crippen molar-refractivity contribution in [2.75, 3.05) is 28.2 Å². The Kier molecular flexibility index (Phi) is 34.0. The van der Waals surface area contributed by atoms with Gasteiger partial charge in [0.15, 0.2) is 24.4 Å². The molecule has 2 aromatic rings. The number of benzene rings is 2. The van der Waals surface area contributed by atoms with Crippen molar-refractivity contribution in [2.24, 2.45) is 35.5 Å². The van der Waals surface area contributed by atoms with Gasteiger partial charge in [0.1, 0.15) is 23.8 Å². The smallest absolute Gasteiger partial charge is 0.355 e. The predicted octanol–water partition coefficient (Wildman–Crippen LogP) is 15.1. The molecule has 0 unspecified atom stereocenters. The second kappa shape index (κ2) is 40.6. The van der Waals surface area contributed by atoms with E-state index in [4.69, 9.17) is 18.9 Å². The molecule has 1 saturated heterocycles. The first-order valence-corrected chi connectivity index (χ1v) is 36.9. The van der Waals surface area contributed by atoms with E-state index in [1.807, 2.05) is 79.7 Å². The minimum Gasteiger partial charge on any atom is -0.451 e. The van der Waals surface area contributed by atoms with E-state index in [2.05, 4.69) is 24.3 Å². The van der Waals surface area contributed by atoms with Crippen LogP contribution >= 0.6 is 0 Å². The Morgan fingerprint density at radius 2 is 0.716 bits per heavy atom. The van der Waals surface area contributed by atoms with E-state index in [1.54, 1.807) is 6.92 Å². The van der Waals surface area contributed by atoms with Gasteiger partial charge in [0.05, 0.1) is 0 Å². The molecule has 0 N–H and O–H groups in total. The van der Waals surface area contributed by atoms with Gasteiger partial charge >= 0.3 is 23.9 Å². The van der Waals surface area contributed by atoms with Crippen LogP contribution in [0.15, 0.2) is 59.8 Å². The summed E-state index contributed by atoms with van der Waals surface area (Å²) in [5.41, 5.74) is 4.06. The summed E-state index contributed by atoms with van der Waals surface area (Å²) in [7, 11) is 5.75. The van der Waals surface area contributed by atoms with Gasteiger partial charge in [-0.2, -0.15) is 0 Å². The maximum absolute atomic E-state index is 15.4. The van der Waals surface area contributed by atoms with Gasteiger partial charge in [-0.15, -0.1) is 0 Å². The fourth-order valence-electron chi connectivity index (χ4n) is 13.8. The van der Waals surface area contributed by atoms with Crippen molar-refractivity contribution in [1.29, 1.82) is 0 Å². The third-order valence-corrected chi connectivity index (χ3v) is 20.3. The second-order valence-corrected chi connectivity index (χ2v) is 30.0. The number of allylic oxidation sites excluding steroid dienone is 1. The highest BCUT2D eigenvalue weighted by atomic mass is 16.6. The molecule has 0 spiro atoms. The van der Waals surface area contributed by atoms with E-state index in [9.17, 15) is 19.2 Å². The summed E-state index contributed by atoms with van der Waals surface area (Å²) < 4.78 is 24.9. The van der Waals surface area contributed by atoms with Crippen LogP contribution in [-0.2, 0) is 83.0 Å². The largest absolute Gasteiger partial charge is 0.451 e. The van der Waals surface area contributed by atoms with E-state index in [0.717, 1.165) is 17.7 Å². The van der Waals surface area contributed by atoms with Gasteiger partial charge in [0.2, 0.25) is 0 Å². The molecule has 16 nitrogen and oxygen atoms in total. The summed E-state index contributed by atoms with van der Waals surface area (Å²) >= 11 is 0. The third-order valence-electron chi connectivity index (χ3n) is 20.3. The van der Waals surface area contributed by atoms with Crippen LogP contribution in [0, 0.1) is 35.5 Å². The molecule has 3 fully saturated rings. The average Bonchev–Trinajstić information content (AvgIpc) is 0.888. The van der Waals surface area contributed by atoms with Crippen LogP contribution in [0.4, 0.5) is 0 Å². The van der Waals surface area contributed by atoms with Gasteiger partial charge in [0, 0.05) is 41.0 Å². The van der Waals surface area contributed by atoms with Crippen LogP contribution in [0.5, 0.6) is 0 Å². The number of carbonyl (C=O) groups is 8. The second-order valence-electron chi connectivity index (χ2n) is 30.0. The highest BCUT2D eigenvalue weighted by Crippen LogP contribution is 2.30. The average molecular weight is 1320 g/mol. The number of ether oxygens (including phenoxy) is 4. The number of hydrogen-bond donors (Lipinski definition) is 0. The number of carbonyl (C=O) groups excluding carboxylic acids is 8. The molecule has 1 aliphatic heterocycles. The van der Waals surface area contributed by atoms with Crippen molar-refractivity contribution in [3.05, 3.63) is 82.1 Å². The molecule has 7 atom stereocenters. The zero-order valence-electron chi connectivity index (χ0n) is 61.3. The zero-order chi connectivity index (χ0) is 69.9. The molecule has 0 bridgehead atoms. The Morgan fingerprint density at radius 3 is 1.06 bits per heavy atom. The number of cyclic esters (lactones) is 4. The summed E-state index contributed by atoms with van der Waals surface area (Å²) in [6, 6.07) is 12.3. The minimum atomic E-state index is -1.53. The van der Waals surface area contributed by atoms with Crippen molar-refractivity contribution >= 4 is 47.5 Å². The van der Waals surface area contributed by atoms with Crippen molar-refractivity contribution < 1.29 is 57.3 Å². The molecular weight excluding hydrogens is 1200 g/mol. The number of likely N-dealkylation sites (N-methyl/N-ethyl adjacent to an activating group) is 4. The van der Waals surface area contributed by atoms with Crippen molar-refractivity contribution in [3.63, 3.8) is 0 Å². The normalized spacial score (nSPS) is 24.9. The molecule has 4 amide bonds. The number of rotatable bonds is 17. The number of hydrogen-bond acceptors (Lipinski definition) is 12. The molecule has 2 aromatic carbocycles. The van der Waals surface area contributed by atoms with E-state index < -0.39 is 90.0 Å². The van der Waals surface area contributed by atoms with Gasteiger partial charge in [-0.3, -0.25) is 19.2 Å². The first-order valence-electron chi connectivity index (χ1n) is 36.9. The van der Waals surface area contributed by atoms with Gasteiger partial charge < -0.3 is 38.5 Å². The van der Waals surface area contributed by atoms with E-state index >= 15 is 19.2 Å². The summed E-state index contributed by atoms with van der Waals surface area (Å²) in [4.78, 5) is 125. The lowest BCUT2D eigenvalue weighted by molar-refractivity contribution is -0.174. The van der Waals surface area contributed by atoms with Crippen LogP contribution in [-0.4, -0.2) is 138 Å². The minimum absolute atomic E-state index is 0.0672. The molecule has 2 saturated carbocycles. The third kappa shape index (κ3) is 26.0. The van der Waals surface area contributed by atoms with Crippen LogP contribution in [0.25, 0.3) is 0 Å². The van der Waals surface area contributed by atoms with Crippen LogP contribution < -0.4 is 0 Å². The molecule has 3 aliphatic rings. The van der Waals surface area contributed by atoms with Gasteiger partial charge in [-0.05, 0) is 129 Å². The molecule has 16 heteroatoms. The standard InChI is InChI=1S/C79H124N4O12/c1-53(2)36-46-66-76(88)94-69(51-64-42-38-62(39-43-64)49-60-32-28-24-20-16-17-21-25-29-33-60)74(86)82(14)68(48-55(5)6)78(90)92-58(10)72(84)80(12)67(47-37-54(3)4)77(89)95-70(75(87)83(15)71(57(9)56(7)8)79(91)93-59(11)73(85)81(66)13)52-65-44-40-63(41-45-65)50-61-34-30-26-22-18-19-23-27-31-35-61/h38-45,53-56,58-61,66-70H,16-37,46-52H2,1-15H3/b71-57-/t58-,59-,66+,67+,68+,69-,70-/m1/s1. The lowest BCUT2D eigenvalue weighted by Gasteiger charge is -2.34. The summed E-state index contributed by atoms with van der Waals surface area (Å²) in [5.74, 6) is -5.70.